The third-order valence-corrected chi connectivity index (χ3v) is 3.98. The molecule has 0 aliphatic carbocycles. The number of fused-ring (bicyclic) bond motifs is 1. The van der Waals surface area contributed by atoms with E-state index in [1.54, 1.807) is 12.1 Å². The quantitative estimate of drug-likeness (QED) is 0.722. The maximum atomic E-state index is 11.7. The van der Waals surface area contributed by atoms with Crippen molar-refractivity contribution < 1.29 is 14.4 Å². The van der Waals surface area contributed by atoms with Crippen molar-refractivity contribution in [2.24, 2.45) is 0 Å². The lowest BCUT2D eigenvalue weighted by atomic mass is 10.1. The summed E-state index contributed by atoms with van der Waals surface area (Å²) in [5, 5.41) is 11.1. The molecule has 0 amide bonds. The molecule has 0 saturated heterocycles. The van der Waals surface area contributed by atoms with Crippen LogP contribution in [0.1, 0.15) is 11.1 Å². The number of phenolic OH excluding ortho intramolecular Hbond substituents is 1. The fourth-order valence-electron chi connectivity index (χ4n) is 2.70. The van der Waals surface area contributed by atoms with Gasteiger partial charge < -0.3 is 14.4 Å². The first-order valence-corrected chi connectivity index (χ1v) is 7.70. The Morgan fingerprint density at radius 3 is 2.57 bits per heavy atom. The Kier molecular flexibility index (Phi) is 4.37. The van der Waals surface area contributed by atoms with Gasteiger partial charge >= 0.3 is 5.63 Å². The van der Waals surface area contributed by atoms with E-state index in [9.17, 15) is 9.90 Å². The van der Waals surface area contributed by atoms with E-state index >= 15 is 0 Å². The summed E-state index contributed by atoms with van der Waals surface area (Å²) in [6.07, 6.45) is 0. The van der Waals surface area contributed by atoms with E-state index in [4.69, 9.17) is 16.0 Å². The summed E-state index contributed by atoms with van der Waals surface area (Å²) in [7, 11) is 2.06. The minimum Gasteiger partial charge on any atom is -0.508 e. The van der Waals surface area contributed by atoms with E-state index < -0.39 is 5.63 Å². The van der Waals surface area contributed by atoms with Gasteiger partial charge in [-0.15, -0.1) is 0 Å². The summed E-state index contributed by atoms with van der Waals surface area (Å²) in [6, 6.07) is 14.1. The molecule has 4 nitrogen and oxygen atoms in total. The van der Waals surface area contributed by atoms with Crippen LogP contribution in [0.4, 0.5) is 0 Å². The van der Waals surface area contributed by atoms with Crippen molar-refractivity contribution in [1.29, 1.82) is 0 Å². The van der Waals surface area contributed by atoms with Crippen LogP contribution in [-0.2, 0) is 13.1 Å². The smallest absolute Gasteiger partial charge is 0.336 e. The SMILES string of the molecule is C[NH+](Cc1ccc(Cl)cc1)Cc1cc(=O)oc2cc(O)ccc12. The zero-order valence-electron chi connectivity index (χ0n) is 12.7. The van der Waals surface area contributed by atoms with E-state index in [1.165, 1.54) is 22.6 Å². The molecule has 0 aliphatic heterocycles. The second kappa shape index (κ2) is 6.44. The molecule has 1 atom stereocenters. The zero-order chi connectivity index (χ0) is 16.4. The predicted molar refractivity (Wildman–Crippen MR) is 89.9 cm³/mol. The minimum absolute atomic E-state index is 0.0830. The van der Waals surface area contributed by atoms with Gasteiger partial charge in [0.2, 0.25) is 0 Å². The Balaban J connectivity index is 1.85. The van der Waals surface area contributed by atoms with Crippen molar-refractivity contribution in [3.05, 3.63) is 75.1 Å². The van der Waals surface area contributed by atoms with Crippen molar-refractivity contribution in [1.82, 2.24) is 0 Å². The van der Waals surface area contributed by atoms with Gasteiger partial charge in [-0.2, -0.15) is 0 Å². The Hall–Kier alpha value is -2.30. The summed E-state index contributed by atoms with van der Waals surface area (Å²) in [4.78, 5) is 12.9. The molecular weight excluding hydrogens is 314 g/mol. The molecule has 0 radical (unpaired) electrons. The van der Waals surface area contributed by atoms with Gasteiger partial charge in [0.25, 0.3) is 0 Å². The molecule has 23 heavy (non-hydrogen) atoms. The van der Waals surface area contributed by atoms with E-state index in [2.05, 4.69) is 7.05 Å². The van der Waals surface area contributed by atoms with Crippen molar-refractivity contribution in [3.63, 3.8) is 0 Å². The highest BCUT2D eigenvalue weighted by atomic mass is 35.5. The van der Waals surface area contributed by atoms with Gasteiger partial charge in [-0.05, 0) is 24.3 Å². The number of hydrogen-bond donors (Lipinski definition) is 2. The van der Waals surface area contributed by atoms with Gasteiger partial charge in [-0.25, -0.2) is 4.79 Å². The van der Waals surface area contributed by atoms with Crippen LogP contribution in [0.15, 0.2) is 57.7 Å². The van der Waals surface area contributed by atoms with E-state index in [-0.39, 0.29) is 5.75 Å². The van der Waals surface area contributed by atoms with Gasteiger partial charge in [0.05, 0.1) is 7.05 Å². The zero-order valence-corrected chi connectivity index (χ0v) is 13.4. The van der Waals surface area contributed by atoms with E-state index in [1.807, 2.05) is 24.3 Å². The average Bonchev–Trinajstić information content (AvgIpc) is 2.49. The van der Waals surface area contributed by atoms with Gasteiger partial charge in [0.15, 0.2) is 0 Å². The van der Waals surface area contributed by atoms with Gasteiger partial charge in [-0.3, -0.25) is 0 Å². The minimum atomic E-state index is -0.405. The standard InChI is InChI=1S/C18H16ClNO3/c1-20(10-12-2-4-14(19)5-3-12)11-13-8-18(22)23-17-9-15(21)6-7-16(13)17/h2-9,21H,10-11H2,1H3/p+1. The Bertz CT molecular complexity index is 887. The molecular formula is C18H17ClNO3+. The number of phenols is 1. The molecule has 1 unspecified atom stereocenters. The topological polar surface area (TPSA) is 54.9 Å². The van der Waals surface area contributed by atoms with Crippen LogP contribution >= 0.6 is 11.6 Å². The number of hydrogen-bond acceptors (Lipinski definition) is 3. The normalized spacial score (nSPS) is 12.4. The third kappa shape index (κ3) is 3.73. The number of aromatic hydroxyl groups is 1. The first-order valence-electron chi connectivity index (χ1n) is 7.33. The largest absolute Gasteiger partial charge is 0.508 e. The Morgan fingerprint density at radius 1 is 1.09 bits per heavy atom. The summed E-state index contributed by atoms with van der Waals surface area (Å²) in [5.74, 6) is 0.0830. The van der Waals surface area contributed by atoms with Crippen LogP contribution in [0.3, 0.4) is 0 Å². The Labute approximate surface area is 138 Å². The molecule has 1 aromatic heterocycles. The van der Waals surface area contributed by atoms with Crippen molar-refractivity contribution in [3.8, 4) is 5.75 Å². The molecule has 0 saturated carbocycles. The van der Waals surface area contributed by atoms with Crippen molar-refractivity contribution >= 4 is 22.6 Å². The highest BCUT2D eigenvalue weighted by Gasteiger charge is 2.11. The van der Waals surface area contributed by atoms with Gasteiger partial charge in [0, 0.05) is 33.7 Å². The van der Waals surface area contributed by atoms with Crippen LogP contribution in [0.5, 0.6) is 5.75 Å². The first-order chi connectivity index (χ1) is 11.0. The van der Waals surface area contributed by atoms with Crippen molar-refractivity contribution in [2.75, 3.05) is 7.05 Å². The second-order valence-corrected chi connectivity index (χ2v) is 6.14. The summed E-state index contributed by atoms with van der Waals surface area (Å²) >= 11 is 5.90. The first kappa shape index (κ1) is 15.6. The lowest BCUT2D eigenvalue weighted by Gasteiger charge is -2.15. The third-order valence-electron chi connectivity index (χ3n) is 3.73. The maximum absolute atomic E-state index is 11.7. The molecule has 0 spiro atoms. The molecule has 2 aromatic carbocycles. The van der Waals surface area contributed by atoms with Crippen LogP contribution in [0.2, 0.25) is 5.02 Å². The molecule has 118 valence electrons. The molecule has 2 N–H and O–H groups in total. The molecule has 0 aliphatic rings. The predicted octanol–water partition coefficient (Wildman–Crippen LogP) is 2.37. The number of nitrogens with one attached hydrogen (secondary N) is 1. The second-order valence-electron chi connectivity index (χ2n) is 5.71. The van der Waals surface area contributed by atoms with E-state index in [0.717, 1.165) is 22.5 Å². The molecule has 3 rings (SSSR count). The monoisotopic (exact) mass is 330 g/mol. The number of benzene rings is 2. The lowest BCUT2D eigenvalue weighted by molar-refractivity contribution is -0.907. The fraction of sp³-hybridized carbons (Fsp3) is 0.167. The van der Waals surface area contributed by atoms with Crippen LogP contribution in [0, 0.1) is 0 Å². The van der Waals surface area contributed by atoms with E-state index in [0.29, 0.717) is 12.1 Å². The van der Waals surface area contributed by atoms with Gasteiger partial charge in [0.1, 0.15) is 24.4 Å². The molecule has 0 fully saturated rings. The molecule has 0 bridgehead atoms. The molecule has 5 heteroatoms. The molecule has 1 heterocycles. The number of rotatable bonds is 4. The average molecular weight is 331 g/mol. The van der Waals surface area contributed by atoms with Crippen LogP contribution < -0.4 is 10.5 Å². The Morgan fingerprint density at radius 2 is 1.83 bits per heavy atom. The summed E-state index contributed by atoms with van der Waals surface area (Å²) in [5.41, 5.74) is 2.09. The maximum Gasteiger partial charge on any atom is 0.336 e. The van der Waals surface area contributed by atoms with Crippen LogP contribution in [-0.4, -0.2) is 12.2 Å². The summed E-state index contributed by atoms with van der Waals surface area (Å²) < 4.78 is 5.16. The highest BCUT2D eigenvalue weighted by Crippen LogP contribution is 2.21. The number of halogens is 1. The molecule has 3 aromatic rings. The lowest BCUT2D eigenvalue weighted by Crippen LogP contribution is -3.06. The number of quaternary nitrogens is 1. The fourth-order valence-corrected chi connectivity index (χ4v) is 2.83. The van der Waals surface area contributed by atoms with Gasteiger partial charge in [-0.1, -0.05) is 23.7 Å². The summed E-state index contributed by atoms with van der Waals surface area (Å²) in [6.45, 7) is 1.49. The highest BCUT2D eigenvalue weighted by molar-refractivity contribution is 6.30. The van der Waals surface area contributed by atoms with Crippen molar-refractivity contribution in [2.45, 2.75) is 13.1 Å². The van der Waals surface area contributed by atoms with Crippen LogP contribution in [0.25, 0.3) is 11.0 Å².